The standard InChI is InChI=1S/2CH5N3.H2O/c2*2-1(3)4;/h2*(H5,2,3,4);1H2. The minimum Gasteiger partial charge on any atom is -0.412 e. The zero-order chi connectivity index (χ0) is 7.15. The molecule has 0 saturated carbocycles. The molecule has 0 amide bonds. The first-order valence-electron chi connectivity index (χ1n) is 1.65. The van der Waals surface area contributed by atoms with E-state index in [2.05, 4.69) is 22.9 Å². The second-order valence-corrected chi connectivity index (χ2v) is 0.911. The van der Waals surface area contributed by atoms with E-state index >= 15 is 0 Å². The molecule has 0 spiro atoms. The number of nitrogens with two attached hydrogens (primary N) is 4. The lowest BCUT2D eigenvalue weighted by Gasteiger charge is -1.69. The molecule has 0 aliphatic carbocycles. The van der Waals surface area contributed by atoms with E-state index in [1.807, 2.05) is 0 Å². The van der Waals surface area contributed by atoms with E-state index < -0.39 is 0 Å². The van der Waals surface area contributed by atoms with Gasteiger partial charge in [-0.15, -0.1) is 0 Å². The van der Waals surface area contributed by atoms with Gasteiger partial charge in [-0.1, -0.05) is 0 Å². The Morgan fingerprint density at radius 1 is 0.778 bits per heavy atom. The summed E-state index contributed by atoms with van der Waals surface area (Å²) in [5.74, 6) is -0.667. The largest absolute Gasteiger partial charge is 0.412 e. The van der Waals surface area contributed by atoms with Gasteiger partial charge in [-0.3, -0.25) is 10.8 Å². The molecular weight excluding hydrogens is 124 g/mol. The lowest BCUT2D eigenvalue weighted by Crippen LogP contribution is -2.20. The van der Waals surface area contributed by atoms with Crippen molar-refractivity contribution < 1.29 is 5.48 Å². The number of hydrogen-bond acceptors (Lipinski definition) is 2. The maximum absolute atomic E-state index is 6.06. The van der Waals surface area contributed by atoms with Gasteiger partial charge in [0.1, 0.15) is 0 Å². The molecule has 0 aromatic heterocycles. The van der Waals surface area contributed by atoms with Gasteiger partial charge in [0.15, 0.2) is 11.9 Å². The first kappa shape index (κ1) is 15.6. The first-order valence-corrected chi connectivity index (χ1v) is 1.65. The Bertz CT molecular complexity index is 69.1. The van der Waals surface area contributed by atoms with Gasteiger partial charge < -0.3 is 28.4 Å². The van der Waals surface area contributed by atoms with Crippen LogP contribution in [0.2, 0.25) is 0 Å². The molecule has 0 aromatic rings. The third-order valence-corrected chi connectivity index (χ3v) is 0. The molecule has 56 valence electrons. The predicted molar refractivity (Wildman–Crippen MR) is 35.8 cm³/mol. The number of nitrogens with one attached hydrogen (secondary N) is 2. The zero-order valence-corrected chi connectivity index (χ0v) is 4.81. The van der Waals surface area contributed by atoms with Crippen molar-refractivity contribution in [1.29, 1.82) is 10.8 Å². The molecule has 0 atom stereocenters. The van der Waals surface area contributed by atoms with Crippen molar-refractivity contribution in [1.82, 2.24) is 0 Å². The van der Waals surface area contributed by atoms with E-state index in [9.17, 15) is 0 Å². The Balaban J connectivity index is -0.0000000720. The van der Waals surface area contributed by atoms with Crippen LogP contribution in [0, 0.1) is 10.8 Å². The summed E-state index contributed by atoms with van der Waals surface area (Å²) < 4.78 is 0. The molecule has 0 aromatic carbocycles. The van der Waals surface area contributed by atoms with E-state index in [0.717, 1.165) is 0 Å². The normalized spacial score (nSPS) is 5.33. The molecular formula is C2H12N6O. The highest BCUT2D eigenvalue weighted by molar-refractivity contribution is 5.72. The quantitative estimate of drug-likeness (QED) is 0.152. The average molecular weight is 136 g/mol. The van der Waals surface area contributed by atoms with Gasteiger partial charge in [-0.2, -0.15) is 0 Å². The van der Waals surface area contributed by atoms with E-state index in [1.54, 1.807) is 0 Å². The summed E-state index contributed by atoms with van der Waals surface area (Å²) in [6, 6.07) is 0. The van der Waals surface area contributed by atoms with Crippen molar-refractivity contribution in [3.05, 3.63) is 0 Å². The molecule has 0 heterocycles. The van der Waals surface area contributed by atoms with Gasteiger partial charge in [0.25, 0.3) is 0 Å². The highest BCUT2D eigenvalue weighted by Crippen LogP contribution is 1.13. The molecule has 0 bridgehead atoms. The van der Waals surface area contributed by atoms with Crippen LogP contribution in [-0.4, -0.2) is 17.4 Å². The molecule has 0 rings (SSSR count). The fourth-order valence-electron chi connectivity index (χ4n) is 0. The van der Waals surface area contributed by atoms with Crippen LogP contribution in [0.15, 0.2) is 0 Å². The van der Waals surface area contributed by atoms with Crippen molar-refractivity contribution in [3.63, 3.8) is 0 Å². The second kappa shape index (κ2) is 9.71. The predicted octanol–water partition coefficient (Wildman–Crippen LogP) is -3.15. The number of hydrogen-bond donors (Lipinski definition) is 6. The van der Waals surface area contributed by atoms with Crippen LogP contribution < -0.4 is 22.9 Å². The summed E-state index contributed by atoms with van der Waals surface area (Å²) in [6.07, 6.45) is 0. The van der Waals surface area contributed by atoms with Crippen LogP contribution in [0.3, 0.4) is 0 Å². The number of rotatable bonds is 0. The van der Waals surface area contributed by atoms with Gasteiger partial charge in [-0.05, 0) is 0 Å². The van der Waals surface area contributed by atoms with Crippen LogP contribution in [0.5, 0.6) is 0 Å². The van der Waals surface area contributed by atoms with Crippen molar-refractivity contribution in [3.8, 4) is 0 Å². The second-order valence-electron chi connectivity index (χ2n) is 0.911. The van der Waals surface area contributed by atoms with Gasteiger partial charge >= 0.3 is 0 Å². The van der Waals surface area contributed by atoms with Gasteiger partial charge in [0.05, 0.1) is 0 Å². The van der Waals surface area contributed by atoms with Crippen molar-refractivity contribution >= 4 is 11.9 Å². The van der Waals surface area contributed by atoms with E-state index in [1.165, 1.54) is 0 Å². The molecule has 0 fully saturated rings. The lowest BCUT2D eigenvalue weighted by molar-refractivity contribution is 0.824. The fourth-order valence-corrected chi connectivity index (χ4v) is 0. The highest BCUT2D eigenvalue weighted by atomic mass is 16.0. The highest BCUT2D eigenvalue weighted by Gasteiger charge is 1.52. The number of guanidine groups is 2. The average Bonchev–Trinajstić information content (AvgIpc) is 1.25. The van der Waals surface area contributed by atoms with E-state index in [-0.39, 0.29) is 17.4 Å². The minimum atomic E-state index is -0.333. The molecule has 12 N–H and O–H groups in total. The zero-order valence-electron chi connectivity index (χ0n) is 4.81. The van der Waals surface area contributed by atoms with Crippen LogP contribution >= 0.6 is 0 Å². The fraction of sp³-hybridized carbons (Fsp3) is 0. The summed E-state index contributed by atoms with van der Waals surface area (Å²) in [6.45, 7) is 0. The molecule has 0 aliphatic rings. The maximum atomic E-state index is 6.06. The summed E-state index contributed by atoms with van der Waals surface area (Å²) in [4.78, 5) is 0. The molecule has 0 unspecified atom stereocenters. The van der Waals surface area contributed by atoms with Crippen LogP contribution in [0.4, 0.5) is 0 Å². The summed E-state index contributed by atoms with van der Waals surface area (Å²) in [5, 5.41) is 12.1. The minimum absolute atomic E-state index is 0. The molecule has 9 heavy (non-hydrogen) atoms. The third kappa shape index (κ3) is 58.5. The summed E-state index contributed by atoms with van der Waals surface area (Å²) >= 11 is 0. The Morgan fingerprint density at radius 2 is 0.778 bits per heavy atom. The van der Waals surface area contributed by atoms with Gasteiger partial charge in [0, 0.05) is 0 Å². The lowest BCUT2D eigenvalue weighted by atomic mass is 11.1. The Labute approximate surface area is 52.3 Å². The Kier molecular flexibility index (Phi) is 16.9. The van der Waals surface area contributed by atoms with Crippen molar-refractivity contribution in [2.45, 2.75) is 0 Å². The van der Waals surface area contributed by atoms with Crippen LogP contribution in [-0.2, 0) is 0 Å². The Hall–Kier alpha value is -1.50. The van der Waals surface area contributed by atoms with Crippen molar-refractivity contribution in [2.24, 2.45) is 22.9 Å². The monoisotopic (exact) mass is 136 g/mol. The van der Waals surface area contributed by atoms with E-state index in [0.29, 0.717) is 0 Å². The Morgan fingerprint density at radius 3 is 0.778 bits per heavy atom. The van der Waals surface area contributed by atoms with E-state index in [4.69, 9.17) is 10.8 Å². The van der Waals surface area contributed by atoms with Crippen molar-refractivity contribution in [2.75, 3.05) is 0 Å². The smallest absolute Gasteiger partial charge is 0.183 e. The van der Waals surface area contributed by atoms with Gasteiger partial charge in [0.2, 0.25) is 0 Å². The maximum Gasteiger partial charge on any atom is 0.183 e. The topological polar surface area (TPSA) is 183 Å². The summed E-state index contributed by atoms with van der Waals surface area (Å²) in [5.41, 5.74) is 17.9. The first-order chi connectivity index (χ1) is 3.46. The SMILES string of the molecule is N=C(N)N.N=C(N)N.O. The summed E-state index contributed by atoms with van der Waals surface area (Å²) in [7, 11) is 0. The molecule has 0 saturated heterocycles. The molecule has 0 aliphatic heterocycles. The molecule has 0 radical (unpaired) electrons. The van der Waals surface area contributed by atoms with Gasteiger partial charge in [-0.25, -0.2) is 0 Å². The third-order valence-electron chi connectivity index (χ3n) is 0. The molecule has 7 nitrogen and oxygen atoms in total. The van der Waals surface area contributed by atoms with Crippen LogP contribution in [0.25, 0.3) is 0 Å². The molecule has 7 heteroatoms. The van der Waals surface area contributed by atoms with Crippen LogP contribution in [0.1, 0.15) is 0 Å².